The highest BCUT2D eigenvalue weighted by atomic mass is 19.1. The Balaban J connectivity index is 2.00. The molecule has 0 unspecified atom stereocenters. The fraction of sp³-hybridized carbons (Fsp3) is 0.316. The number of halogens is 1. The fourth-order valence-electron chi connectivity index (χ4n) is 2.52. The van der Waals surface area contributed by atoms with Crippen LogP contribution in [0.2, 0.25) is 0 Å². The molecule has 23 heavy (non-hydrogen) atoms. The summed E-state index contributed by atoms with van der Waals surface area (Å²) in [6, 6.07) is 4.79. The monoisotopic (exact) mass is 314 g/mol. The van der Waals surface area contributed by atoms with E-state index in [0.717, 1.165) is 19.5 Å². The number of carbonyl (C=O) groups excluding carboxylic acids is 1. The van der Waals surface area contributed by atoms with Crippen molar-refractivity contribution in [3.8, 4) is 0 Å². The molecular weight excluding hydrogens is 291 g/mol. The third-order valence-electron chi connectivity index (χ3n) is 3.79. The van der Waals surface area contributed by atoms with Gasteiger partial charge in [0.1, 0.15) is 11.6 Å². The van der Waals surface area contributed by atoms with Crippen LogP contribution in [-0.2, 0) is 11.2 Å². The van der Waals surface area contributed by atoms with Crippen LogP contribution in [0.1, 0.15) is 25.8 Å². The van der Waals surface area contributed by atoms with E-state index in [4.69, 9.17) is 0 Å². The van der Waals surface area contributed by atoms with Gasteiger partial charge < -0.3 is 10.6 Å². The van der Waals surface area contributed by atoms with Crippen LogP contribution in [0.15, 0.2) is 53.8 Å². The zero-order valence-electron chi connectivity index (χ0n) is 13.7. The maximum atomic E-state index is 13.9. The van der Waals surface area contributed by atoms with Gasteiger partial charge in [-0.3, -0.25) is 4.79 Å². The number of nitrogens with one attached hydrogen (secondary N) is 2. The van der Waals surface area contributed by atoms with Crippen LogP contribution in [0, 0.1) is 5.82 Å². The van der Waals surface area contributed by atoms with E-state index in [-0.39, 0.29) is 18.0 Å². The van der Waals surface area contributed by atoms with Crippen LogP contribution < -0.4 is 10.6 Å². The average Bonchev–Trinajstić information content (AvgIpc) is 2.49. The summed E-state index contributed by atoms with van der Waals surface area (Å²) in [7, 11) is 0. The second kappa shape index (κ2) is 7.88. The quantitative estimate of drug-likeness (QED) is 0.786. The minimum Gasteiger partial charge on any atom is -0.356 e. The number of hydrogen-bond donors (Lipinski definition) is 2. The molecule has 0 spiro atoms. The number of benzene rings is 1. The molecule has 1 aromatic carbocycles. The Morgan fingerprint density at radius 3 is 2.91 bits per heavy atom. The van der Waals surface area contributed by atoms with E-state index < -0.39 is 0 Å². The molecule has 1 aromatic rings. The molecule has 2 N–H and O–H groups in total. The molecule has 0 aliphatic carbocycles. The van der Waals surface area contributed by atoms with Crippen molar-refractivity contribution in [3.63, 3.8) is 0 Å². The van der Waals surface area contributed by atoms with Crippen molar-refractivity contribution in [3.05, 3.63) is 65.2 Å². The second-order valence-electron chi connectivity index (χ2n) is 5.90. The summed E-state index contributed by atoms with van der Waals surface area (Å²) >= 11 is 0. The summed E-state index contributed by atoms with van der Waals surface area (Å²) < 4.78 is 13.9. The summed E-state index contributed by atoms with van der Waals surface area (Å²) in [6.07, 6.45) is 5.09. The van der Waals surface area contributed by atoms with Crippen LogP contribution >= 0.6 is 0 Å². The molecule has 4 heteroatoms. The molecule has 0 amide bonds. The van der Waals surface area contributed by atoms with E-state index in [0.29, 0.717) is 16.9 Å². The van der Waals surface area contributed by atoms with Gasteiger partial charge in [0.05, 0.1) is 0 Å². The Morgan fingerprint density at radius 1 is 1.48 bits per heavy atom. The topological polar surface area (TPSA) is 41.1 Å². The van der Waals surface area contributed by atoms with Gasteiger partial charge in [-0.25, -0.2) is 4.39 Å². The van der Waals surface area contributed by atoms with E-state index in [9.17, 15) is 9.18 Å². The second-order valence-corrected chi connectivity index (χ2v) is 5.90. The van der Waals surface area contributed by atoms with Crippen LogP contribution in [0.3, 0.4) is 0 Å². The lowest BCUT2D eigenvalue weighted by Crippen LogP contribution is -2.23. The number of Topliss-reactive ketones (excluding diaryl/α,β-unsaturated/α-hetero) is 1. The predicted octanol–water partition coefficient (Wildman–Crippen LogP) is 3.75. The molecule has 0 saturated carbocycles. The van der Waals surface area contributed by atoms with Gasteiger partial charge in [0.2, 0.25) is 0 Å². The molecule has 1 heterocycles. The molecule has 0 saturated heterocycles. The molecule has 0 fully saturated rings. The van der Waals surface area contributed by atoms with Gasteiger partial charge in [-0.2, -0.15) is 0 Å². The van der Waals surface area contributed by atoms with Crippen LogP contribution in [-0.4, -0.2) is 18.9 Å². The zero-order valence-corrected chi connectivity index (χ0v) is 13.7. The van der Waals surface area contributed by atoms with Crippen molar-refractivity contribution in [1.82, 2.24) is 5.32 Å². The zero-order chi connectivity index (χ0) is 16.8. The number of rotatable bonds is 6. The molecule has 1 aliphatic heterocycles. The lowest BCUT2D eigenvalue weighted by atomic mass is 10.0. The van der Waals surface area contributed by atoms with Crippen molar-refractivity contribution in [1.29, 1.82) is 0 Å². The van der Waals surface area contributed by atoms with E-state index in [1.807, 2.05) is 6.08 Å². The third-order valence-corrected chi connectivity index (χ3v) is 3.79. The summed E-state index contributed by atoms with van der Waals surface area (Å²) in [4.78, 5) is 11.1. The minimum atomic E-state index is -0.376. The van der Waals surface area contributed by atoms with Crippen molar-refractivity contribution in [2.75, 3.05) is 18.4 Å². The summed E-state index contributed by atoms with van der Waals surface area (Å²) in [6.45, 7) is 9.42. The number of ketones is 1. The highest BCUT2D eigenvalue weighted by Gasteiger charge is 2.07. The number of allylic oxidation sites excluding steroid dienone is 2. The first-order valence-corrected chi connectivity index (χ1v) is 7.77. The van der Waals surface area contributed by atoms with Gasteiger partial charge in [0.25, 0.3) is 0 Å². The lowest BCUT2D eigenvalue weighted by molar-refractivity contribution is -0.116. The standard InChI is InChI=1S/C19H23FN2O/c1-13-12-21-9-8-16(13)5-4-14(2)22-18-7-6-17(10-15(3)23)19(20)11-18/h4-7,11,21-22H,2,8-10,12H2,1,3H3/b5-4-. The molecule has 2 rings (SSSR count). The molecular formula is C19H23FN2O. The summed E-state index contributed by atoms with van der Waals surface area (Å²) in [5.74, 6) is -0.429. The number of anilines is 1. The first-order valence-electron chi connectivity index (χ1n) is 7.77. The maximum Gasteiger partial charge on any atom is 0.134 e. The smallest absolute Gasteiger partial charge is 0.134 e. The van der Waals surface area contributed by atoms with Crippen LogP contribution in [0.25, 0.3) is 0 Å². The molecule has 0 radical (unpaired) electrons. The molecule has 1 aliphatic rings. The minimum absolute atomic E-state index is 0.0532. The Labute approximate surface area is 137 Å². The number of hydrogen-bond acceptors (Lipinski definition) is 3. The largest absolute Gasteiger partial charge is 0.356 e. The van der Waals surface area contributed by atoms with Crippen molar-refractivity contribution in [2.24, 2.45) is 0 Å². The normalized spacial score (nSPS) is 15.1. The van der Waals surface area contributed by atoms with Crippen molar-refractivity contribution in [2.45, 2.75) is 26.7 Å². The Hall–Kier alpha value is -2.20. The molecule has 3 nitrogen and oxygen atoms in total. The summed E-state index contributed by atoms with van der Waals surface area (Å²) in [5, 5.41) is 6.39. The van der Waals surface area contributed by atoms with Gasteiger partial charge in [0, 0.05) is 24.4 Å². The van der Waals surface area contributed by atoms with Crippen molar-refractivity contribution < 1.29 is 9.18 Å². The maximum absolute atomic E-state index is 13.9. The first kappa shape index (κ1) is 17.2. The van der Waals surface area contributed by atoms with Crippen molar-refractivity contribution >= 4 is 11.5 Å². The summed E-state index contributed by atoms with van der Waals surface area (Å²) in [5.41, 5.74) is 4.39. The van der Waals surface area contributed by atoms with Crippen LogP contribution in [0.5, 0.6) is 0 Å². The molecule has 0 aromatic heterocycles. The third kappa shape index (κ3) is 5.18. The molecule has 0 atom stereocenters. The van der Waals surface area contributed by atoms with Gasteiger partial charge in [0.15, 0.2) is 0 Å². The van der Waals surface area contributed by atoms with E-state index >= 15 is 0 Å². The van der Waals surface area contributed by atoms with Crippen LogP contribution in [0.4, 0.5) is 10.1 Å². The number of carbonyl (C=O) groups is 1. The van der Waals surface area contributed by atoms with Gasteiger partial charge in [-0.05, 0) is 56.2 Å². The van der Waals surface area contributed by atoms with E-state index in [1.165, 1.54) is 24.1 Å². The van der Waals surface area contributed by atoms with E-state index in [2.05, 4.69) is 30.2 Å². The molecule has 0 bridgehead atoms. The average molecular weight is 314 g/mol. The fourth-order valence-corrected chi connectivity index (χ4v) is 2.52. The molecule has 122 valence electrons. The van der Waals surface area contributed by atoms with Gasteiger partial charge >= 0.3 is 0 Å². The highest BCUT2D eigenvalue weighted by molar-refractivity contribution is 5.78. The lowest BCUT2D eigenvalue weighted by Gasteiger charge is -2.16. The Bertz CT molecular complexity index is 674. The van der Waals surface area contributed by atoms with Gasteiger partial charge in [-0.1, -0.05) is 24.3 Å². The Morgan fingerprint density at radius 2 is 2.26 bits per heavy atom. The first-order chi connectivity index (χ1) is 11.0. The predicted molar refractivity (Wildman–Crippen MR) is 92.9 cm³/mol. The van der Waals surface area contributed by atoms with Gasteiger partial charge in [-0.15, -0.1) is 0 Å². The van der Waals surface area contributed by atoms with E-state index in [1.54, 1.807) is 12.1 Å². The SMILES string of the molecule is C=C(/C=C\C1=C(C)CNCC1)Nc1ccc(CC(C)=O)c(F)c1. The Kier molecular flexibility index (Phi) is 5.88. The highest BCUT2D eigenvalue weighted by Crippen LogP contribution is 2.18.